The van der Waals surface area contributed by atoms with Crippen LogP contribution in [-0.4, -0.2) is 73.9 Å². The van der Waals surface area contributed by atoms with Gasteiger partial charge in [0.1, 0.15) is 11.9 Å². The van der Waals surface area contributed by atoms with Crippen molar-refractivity contribution in [2.24, 2.45) is 5.92 Å². The van der Waals surface area contributed by atoms with Gasteiger partial charge in [0.05, 0.1) is 19.7 Å². The van der Waals surface area contributed by atoms with E-state index in [4.69, 9.17) is 14.2 Å². The fraction of sp³-hybridized carbons (Fsp3) is 0.619. The fourth-order valence-electron chi connectivity index (χ4n) is 4.39. The molecule has 1 aromatic rings. The molecule has 0 unspecified atom stereocenters. The van der Waals surface area contributed by atoms with Crippen molar-refractivity contribution in [3.05, 3.63) is 29.8 Å². The zero-order valence-corrected chi connectivity index (χ0v) is 16.3. The minimum Gasteiger partial charge on any atom is -0.497 e. The van der Waals surface area contributed by atoms with Gasteiger partial charge in [0.2, 0.25) is 5.91 Å². The zero-order valence-electron chi connectivity index (χ0n) is 16.3. The third-order valence-electron chi connectivity index (χ3n) is 6.03. The lowest BCUT2D eigenvalue weighted by molar-refractivity contribution is -0.138. The van der Waals surface area contributed by atoms with E-state index in [9.17, 15) is 9.59 Å². The van der Waals surface area contributed by atoms with Crippen LogP contribution >= 0.6 is 0 Å². The Morgan fingerprint density at radius 2 is 1.93 bits per heavy atom. The molecular formula is C21H28N2O5. The van der Waals surface area contributed by atoms with Crippen LogP contribution in [0.2, 0.25) is 0 Å². The van der Waals surface area contributed by atoms with E-state index in [2.05, 4.69) is 0 Å². The van der Waals surface area contributed by atoms with Gasteiger partial charge in [0, 0.05) is 32.2 Å². The molecule has 28 heavy (non-hydrogen) atoms. The molecule has 3 aliphatic heterocycles. The van der Waals surface area contributed by atoms with Gasteiger partial charge in [-0.2, -0.15) is 0 Å². The van der Waals surface area contributed by atoms with Crippen LogP contribution in [-0.2, 0) is 20.7 Å². The van der Waals surface area contributed by atoms with Gasteiger partial charge in [-0.25, -0.2) is 4.79 Å². The Kier molecular flexibility index (Phi) is 5.71. The molecule has 7 heteroatoms. The lowest BCUT2D eigenvalue weighted by Crippen LogP contribution is -2.42. The SMILES string of the molecule is COc1ccc(CCCN2C(=O)O[C@H]3CN(C(=O)C4CCOCC4)C[C@H]32)cc1. The van der Waals surface area contributed by atoms with Crippen LogP contribution in [0.3, 0.4) is 0 Å². The van der Waals surface area contributed by atoms with Crippen LogP contribution < -0.4 is 4.74 Å². The molecule has 3 heterocycles. The summed E-state index contributed by atoms with van der Waals surface area (Å²) in [6, 6.07) is 7.98. The summed E-state index contributed by atoms with van der Waals surface area (Å²) in [7, 11) is 1.65. The Balaban J connectivity index is 1.29. The van der Waals surface area contributed by atoms with E-state index in [1.54, 1.807) is 7.11 Å². The van der Waals surface area contributed by atoms with Gasteiger partial charge in [-0.3, -0.25) is 9.69 Å². The molecule has 3 fully saturated rings. The van der Waals surface area contributed by atoms with Crippen LogP contribution in [0.4, 0.5) is 4.79 Å². The van der Waals surface area contributed by atoms with Gasteiger partial charge in [0.15, 0.2) is 0 Å². The van der Waals surface area contributed by atoms with E-state index < -0.39 is 0 Å². The number of rotatable bonds is 6. The first-order chi connectivity index (χ1) is 13.7. The summed E-state index contributed by atoms with van der Waals surface area (Å²) in [6.45, 7) is 3.05. The second-order valence-corrected chi connectivity index (χ2v) is 7.76. The summed E-state index contributed by atoms with van der Waals surface area (Å²) >= 11 is 0. The van der Waals surface area contributed by atoms with Gasteiger partial charge >= 0.3 is 6.09 Å². The smallest absolute Gasteiger partial charge is 0.410 e. The average Bonchev–Trinajstić information content (AvgIpc) is 3.26. The molecule has 0 saturated carbocycles. The predicted molar refractivity (Wildman–Crippen MR) is 102 cm³/mol. The summed E-state index contributed by atoms with van der Waals surface area (Å²) < 4.78 is 16.1. The number of nitrogens with zero attached hydrogens (tertiary/aromatic N) is 2. The molecule has 0 bridgehead atoms. The maximum absolute atomic E-state index is 12.8. The lowest BCUT2D eigenvalue weighted by atomic mass is 9.99. The Labute approximate surface area is 165 Å². The maximum atomic E-state index is 12.8. The number of methoxy groups -OCH3 is 1. The van der Waals surface area contributed by atoms with Crippen LogP contribution in [0.15, 0.2) is 24.3 Å². The van der Waals surface area contributed by atoms with E-state index in [1.165, 1.54) is 5.56 Å². The highest BCUT2D eigenvalue weighted by Gasteiger charge is 2.49. The van der Waals surface area contributed by atoms with Crippen molar-refractivity contribution in [2.45, 2.75) is 37.8 Å². The largest absolute Gasteiger partial charge is 0.497 e. The van der Waals surface area contributed by atoms with Gasteiger partial charge in [-0.05, 0) is 43.4 Å². The normalized spacial score (nSPS) is 25.0. The fourth-order valence-corrected chi connectivity index (χ4v) is 4.39. The monoisotopic (exact) mass is 388 g/mol. The second-order valence-electron chi connectivity index (χ2n) is 7.76. The molecule has 1 aromatic carbocycles. The number of amides is 2. The number of carbonyl (C=O) groups is 2. The standard InChI is InChI=1S/C21H28N2O5/c1-26-17-6-4-15(5-7-17)3-2-10-23-18-13-22(14-19(18)28-21(23)25)20(24)16-8-11-27-12-9-16/h4-7,16,18-19H,2-3,8-14H2,1H3/t18-,19+/m1/s1. The third kappa shape index (κ3) is 3.94. The highest BCUT2D eigenvalue weighted by molar-refractivity contribution is 5.80. The van der Waals surface area contributed by atoms with Crippen molar-refractivity contribution in [2.75, 3.05) is 40.0 Å². The van der Waals surface area contributed by atoms with Crippen LogP contribution in [0, 0.1) is 5.92 Å². The van der Waals surface area contributed by atoms with Crippen molar-refractivity contribution in [3.8, 4) is 5.75 Å². The van der Waals surface area contributed by atoms with Gasteiger partial charge in [-0.15, -0.1) is 0 Å². The second kappa shape index (κ2) is 8.39. The summed E-state index contributed by atoms with van der Waals surface area (Å²) in [5, 5.41) is 0. The van der Waals surface area contributed by atoms with Gasteiger partial charge < -0.3 is 19.1 Å². The lowest BCUT2D eigenvalue weighted by Gasteiger charge is -2.27. The zero-order chi connectivity index (χ0) is 19.5. The first-order valence-corrected chi connectivity index (χ1v) is 10.1. The number of hydrogen-bond acceptors (Lipinski definition) is 5. The number of likely N-dealkylation sites (tertiary alicyclic amines) is 1. The summed E-state index contributed by atoms with van der Waals surface area (Å²) in [4.78, 5) is 28.7. The quantitative estimate of drug-likeness (QED) is 0.746. The molecule has 0 N–H and O–H groups in total. The first kappa shape index (κ1) is 19.1. The Morgan fingerprint density at radius 3 is 2.64 bits per heavy atom. The Hall–Kier alpha value is -2.28. The number of hydrogen-bond donors (Lipinski definition) is 0. The molecule has 0 aliphatic carbocycles. The third-order valence-corrected chi connectivity index (χ3v) is 6.03. The average molecular weight is 388 g/mol. The van der Waals surface area contributed by atoms with Gasteiger partial charge in [0.25, 0.3) is 0 Å². The number of fused-ring (bicyclic) bond motifs is 1. The molecule has 7 nitrogen and oxygen atoms in total. The van der Waals surface area contributed by atoms with E-state index in [-0.39, 0.29) is 30.1 Å². The predicted octanol–water partition coefficient (Wildman–Crippen LogP) is 2.09. The van der Waals surface area contributed by atoms with E-state index >= 15 is 0 Å². The Bertz CT molecular complexity index is 701. The molecule has 4 rings (SSSR count). The molecule has 152 valence electrons. The molecule has 0 aromatic heterocycles. The van der Waals surface area contributed by atoms with Crippen LogP contribution in [0.25, 0.3) is 0 Å². The number of carbonyl (C=O) groups excluding carboxylic acids is 2. The molecule has 3 saturated heterocycles. The first-order valence-electron chi connectivity index (χ1n) is 10.1. The Morgan fingerprint density at radius 1 is 1.18 bits per heavy atom. The van der Waals surface area contributed by atoms with Crippen molar-refractivity contribution < 1.29 is 23.8 Å². The van der Waals surface area contributed by atoms with Crippen molar-refractivity contribution >= 4 is 12.0 Å². The van der Waals surface area contributed by atoms with Crippen LogP contribution in [0.5, 0.6) is 5.75 Å². The van der Waals surface area contributed by atoms with Crippen molar-refractivity contribution in [1.29, 1.82) is 0 Å². The number of aryl methyl sites for hydroxylation is 1. The summed E-state index contributed by atoms with van der Waals surface area (Å²) in [5.74, 6) is 1.08. The molecule has 0 spiro atoms. The molecule has 2 amide bonds. The minimum atomic E-state index is -0.247. The highest BCUT2D eigenvalue weighted by atomic mass is 16.6. The van der Waals surface area contributed by atoms with E-state index in [0.717, 1.165) is 31.4 Å². The summed E-state index contributed by atoms with van der Waals surface area (Å²) in [6.07, 6.45) is 2.88. The number of ether oxygens (including phenoxy) is 3. The van der Waals surface area contributed by atoms with Crippen molar-refractivity contribution in [3.63, 3.8) is 0 Å². The maximum Gasteiger partial charge on any atom is 0.410 e. The van der Waals surface area contributed by atoms with E-state index in [0.29, 0.717) is 32.8 Å². The van der Waals surface area contributed by atoms with Crippen molar-refractivity contribution in [1.82, 2.24) is 9.80 Å². The molecule has 0 radical (unpaired) electrons. The topological polar surface area (TPSA) is 68.3 Å². The number of benzene rings is 1. The molecule has 3 aliphatic rings. The van der Waals surface area contributed by atoms with Crippen LogP contribution in [0.1, 0.15) is 24.8 Å². The minimum absolute atomic E-state index is 0.0212. The van der Waals surface area contributed by atoms with E-state index in [1.807, 2.05) is 34.1 Å². The van der Waals surface area contributed by atoms with Gasteiger partial charge in [-0.1, -0.05) is 12.1 Å². The summed E-state index contributed by atoms with van der Waals surface area (Å²) in [5.41, 5.74) is 1.22. The molecule has 2 atom stereocenters. The molecular weight excluding hydrogens is 360 g/mol. The highest BCUT2D eigenvalue weighted by Crippen LogP contribution is 2.29.